The summed E-state index contributed by atoms with van der Waals surface area (Å²) in [6, 6.07) is 0. The Kier molecular flexibility index (Phi) is 5.09. The molecule has 21 heavy (non-hydrogen) atoms. The van der Waals surface area contributed by atoms with E-state index in [0.29, 0.717) is 0 Å². The van der Waals surface area contributed by atoms with E-state index in [1.54, 1.807) is 0 Å². The highest BCUT2D eigenvalue weighted by molar-refractivity contribution is 5.79. The average Bonchev–Trinajstić information content (AvgIpc) is 2.81. The van der Waals surface area contributed by atoms with Crippen LogP contribution in [0.4, 0.5) is 5.95 Å². The number of hydrogen-bond donors (Lipinski definition) is 1. The molecular weight excluding hydrogens is 264 g/mol. The normalized spacial score (nSPS) is 19.8. The Bertz CT molecular complexity index is 490. The van der Waals surface area contributed by atoms with Crippen LogP contribution < -0.4 is 10.2 Å². The average molecular weight is 292 g/mol. The number of hydrogen-bond acceptors (Lipinski definition) is 3. The SMILES string of the molecule is CN=C(NCc1cnc(N(C)C)n1C)N1CCCC(C)C1. The molecule has 1 N–H and O–H groups in total. The number of rotatable bonds is 3. The summed E-state index contributed by atoms with van der Waals surface area (Å²) in [5.41, 5.74) is 1.16. The third-order valence-corrected chi connectivity index (χ3v) is 4.06. The first kappa shape index (κ1) is 15.7. The minimum atomic E-state index is 0.745. The molecule has 1 atom stereocenters. The van der Waals surface area contributed by atoms with Crippen molar-refractivity contribution in [3.8, 4) is 0 Å². The van der Waals surface area contributed by atoms with Gasteiger partial charge >= 0.3 is 0 Å². The summed E-state index contributed by atoms with van der Waals surface area (Å²) >= 11 is 0. The lowest BCUT2D eigenvalue weighted by Crippen LogP contribution is -2.46. The number of nitrogens with zero attached hydrogens (tertiary/aromatic N) is 5. The van der Waals surface area contributed by atoms with Crippen molar-refractivity contribution >= 4 is 11.9 Å². The molecule has 6 heteroatoms. The monoisotopic (exact) mass is 292 g/mol. The van der Waals surface area contributed by atoms with Crippen molar-refractivity contribution in [3.05, 3.63) is 11.9 Å². The zero-order valence-electron chi connectivity index (χ0n) is 13.9. The molecule has 1 unspecified atom stereocenters. The lowest BCUT2D eigenvalue weighted by molar-refractivity contribution is 0.266. The van der Waals surface area contributed by atoms with Crippen molar-refractivity contribution in [2.45, 2.75) is 26.3 Å². The van der Waals surface area contributed by atoms with Gasteiger partial charge in [0, 0.05) is 41.3 Å². The van der Waals surface area contributed by atoms with E-state index in [4.69, 9.17) is 0 Å². The Labute approximate surface area is 127 Å². The number of aromatic nitrogens is 2. The van der Waals surface area contributed by atoms with Gasteiger partial charge in [-0.2, -0.15) is 0 Å². The Morgan fingerprint density at radius 3 is 2.86 bits per heavy atom. The number of nitrogens with one attached hydrogen (secondary N) is 1. The van der Waals surface area contributed by atoms with Crippen LogP contribution in [0.25, 0.3) is 0 Å². The Morgan fingerprint density at radius 1 is 1.52 bits per heavy atom. The molecule has 0 spiro atoms. The van der Waals surface area contributed by atoms with Crippen LogP contribution in [0.1, 0.15) is 25.5 Å². The number of guanidine groups is 1. The molecule has 1 aromatic heterocycles. The van der Waals surface area contributed by atoms with Crippen LogP contribution in [0.5, 0.6) is 0 Å². The molecule has 1 aromatic rings. The lowest BCUT2D eigenvalue weighted by atomic mass is 10.0. The van der Waals surface area contributed by atoms with Gasteiger partial charge in [-0.1, -0.05) is 6.92 Å². The van der Waals surface area contributed by atoms with Gasteiger partial charge in [0.15, 0.2) is 5.96 Å². The molecule has 2 rings (SSSR count). The summed E-state index contributed by atoms with van der Waals surface area (Å²) in [5.74, 6) is 2.71. The molecule has 118 valence electrons. The minimum absolute atomic E-state index is 0.745. The second-order valence-electron chi connectivity index (χ2n) is 6.10. The highest BCUT2D eigenvalue weighted by Gasteiger charge is 2.19. The van der Waals surface area contributed by atoms with E-state index in [-0.39, 0.29) is 0 Å². The number of likely N-dealkylation sites (tertiary alicyclic amines) is 1. The summed E-state index contributed by atoms with van der Waals surface area (Å²) in [7, 11) is 7.92. The van der Waals surface area contributed by atoms with E-state index in [2.05, 4.69) is 31.7 Å². The van der Waals surface area contributed by atoms with E-state index in [0.717, 1.165) is 43.2 Å². The smallest absolute Gasteiger partial charge is 0.204 e. The van der Waals surface area contributed by atoms with E-state index < -0.39 is 0 Å². The maximum Gasteiger partial charge on any atom is 0.204 e. The Balaban J connectivity index is 1.97. The summed E-state index contributed by atoms with van der Waals surface area (Å²) in [4.78, 5) is 13.2. The third kappa shape index (κ3) is 3.68. The van der Waals surface area contributed by atoms with Gasteiger partial charge in [-0.05, 0) is 18.8 Å². The largest absolute Gasteiger partial charge is 0.351 e. The zero-order chi connectivity index (χ0) is 15.4. The maximum absolute atomic E-state index is 4.44. The molecule has 1 fully saturated rings. The van der Waals surface area contributed by atoms with Crippen molar-refractivity contribution in [2.75, 3.05) is 39.1 Å². The van der Waals surface area contributed by atoms with Gasteiger partial charge in [0.2, 0.25) is 5.95 Å². The van der Waals surface area contributed by atoms with Crippen molar-refractivity contribution in [2.24, 2.45) is 18.0 Å². The van der Waals surface area contributed by atoms with Crippen LogP contribution in [0.15, 0.2) is 11.2 Å². The second kappa shape index (κ2) is 6.83. The first-order valence-corrected chi connectivity index (χ1v) is 7.66. The molecule has 0 saturated carbocycles. The van der Waals surface area contributed by atoms with Gasteiger partial charge in [0.1, 0.15) is 0 Å². The molecule has 6 nitrogen and oxygen atoms in total. The number of anilines is 1. The summed E-state index contributed by atoms with van der Waals surface area (Å²) in [5, 5.41) is 3.47. The molecule has 1 saturated heterocycles. The van der Waals surface area contributed by atoms with Crippen molar-refractivity contribution in [3.63, 3.8) is 0 Å². The molecule has 0 amide bonds. The predicted molar refractivity (Wildman–Crippen MR) is 87.7 cm³/mol. The fraction of sp³-hybridized carbons (Fsp3) is 0.733. The first-order chi connectivity index (χ1) is 10.0. The summed E-state index contributed by atoms with van der Waals surface area (Å²) in [6.45, 7) is 5.24. The minimum Gasteiger partial charge on any atom is -0.351 e. The third-order valence-electron chi connectivity index (χ3n) is 4.06. The van der Waals surface area contributed by atoms with Crippen LogP contribution in [0.2, 0.25) is 0 Å². The van der Waals surface area contributed by atoms with Crippen molar-refractivity contribution in [1.82, 2.24) is 19.8 Å². The van der Waals surface area contributed by atoms with Crippen LogP contribution in [-0.4, -0.2) is 54.6 Å². The van der Waals surface area contributed by atoms with E-state index in [9.17, 15) is 0 Å². The molecule has 1 aliphatic rings. The Hall–Kier alpha value is -1.72. The van der Waals surface area contributed by atoms with Crippen LogP contribution >= 0.6 is 0 Å². The van der Waals surface area contributed by atoms with E-state index in [1.807, 2.05) is 39.3 Å². The number of aliphatic imine (C=N–C) groups is 1. The molecule has 0 bridgehead atoms. The molecule has 2 heterocycles. The fourth-order valence-electron chi connectivity index (χ4n) is 2.90. The molecule has 0 aliphatic carbocycles. The fourth-order valence-corrected chi connectivity index (χ4v) is 2.90. The van der Waals surface area contributed by atoms with Crippen molar-refractivity contribution in [1.29, 1.82) is 0 Å². The van der Waals surface area contributed by atoms with Crippen LogP contribution in [0, 0.1) is 5.92 Å². The topological polar surface area (TPSA) is 48.7 Å². The van der Waals surface area contributed by atoms with Gasteiger partial charge < -0.3 is 19.7 Å². The first-order valence-electron chi connectivity index (χ1n) is 7.66. The zero-order valence-corrected chi connectivity index (χ0v) is 13.9. The maximum atomic E-state index is 4.44. The van der Waals surface area contributed by atoms with Gasteiger partial charge in [-0.25, -0.2) is 4.98 Å². The van der Waals surface area contributed by atoms with Crippen molar-refractivity contribution < 1.29 is 0 Å². The van der Waals surface area contributed by atoms with Crippen LogP contribution in [0.3, 0.4) is 0 Å². The van der Waals surface area contributed by atoms with Gasteiger partial charge in [0.05, 0.1) is 18.4 Å². The number of imidazole rings is 1. The van der Waals surface area contributed by atoms with Gasteiger partial charge in [-0.15, -0.1) is 0 Å². The highest BCUT2D eigenvalue weighted by Crippen LogP contribution is 2.16. The molecular formula is C15H28N6. The molecule has 1 aliphatic heterocycles. The summed E-state index contributed by atoms with van der Waals surface area (Å²) in [6.07, 6.45) is 4.49. The lowest BCUT2D eigenvalue weighted by Gasteiger charge is -2.33. The number of piperidine rings is 1. The Morgan fingerprint density at radius 2 is 2.29 bits per heavy atom. The van der Waals surface area contributed by atoms with E-state index in [1.165, 1.54) is 12.8 Å². The van der Waals surface area contributed by atoms with Gasteiger partial charge in [-0.3, -0.25) is 4.99 Å². The summed E-state index contributed by atoms with van der Waals surface area (Å²) < 4.78 is 2.11. The van der Waals surface area contributed by atoms with E-state index >= 15 is 0 Å². The molecule has 0 aromatic carbocycles. The van der Waals surface area contributed by atoms with Gasteiger partial charge in [0.25, 0.3) is 0 Å². The highest BCUT2D eigenvalue weighted by atomic mass is 15.3. The standard InChI is InChI=1S/C15H28N6/c1-12-7-6-8-21(11-12)14(16-2)17-9-13-10-18-15(19(3)4)20(13)5/h10,12H,6-9,11H2,1-5H3,(H,16,17). The molecule has 0 radical (unpaired) electrons. The quantitative estimate of drug-likeness (QED) is 0.674. The second-order valence-corrected chi connectivity index (χ2v) is 6.10. The predicted octanol–water partition coefficient (Wildman–Crippen LogP) is 1.29. The van der Waals surface area contributed by atoms with Crippen LogP contribution in [-0.2, 0) is 13.6 Å².